The highest BCUT2D eigenvalue weighted by Crippen LogP contribution is 2.24. The van der Waals surface area contributed by atoms with Gasteiger partial charge in [-0.3, -0.25) is 0 Å². The first-order valence-electron chi connectivity index (χ1n) is 6.79. The molecule has 2 aromatic carbocycles. The number of rotatable bonds is 2. The molecule has 4 rings (SSSR count). The van der Waals surface area contributed by atoms with Crippen molar-refractivity contribution >= 4 is 22.2 Å². The van der Waals surface area contributed by atoms with Crippen molar-refractivity contribution in [3.8, 4) is 11.3 Å². The minimum atomic E-state index is 0.0570. The fraction of sp³-hybridized carbons (Fsp3) is 0.0588. The van der Waals surface area contributed by atoms with Crippen LogP contribution in [0.5, 0.6) is 0 Å². The van der Waals surface area contributed by atoms with Crippen LogP contribution in [-0.2, 0) is 6.61 Å². The van der Waals surface area contributed by atoms with Crippen LogP contribution >= 0.6 is 0 Å². The molecule has 0 fully saturated rings. The molecule has 2 aromatic heterocycles. The van der Waals surface area contributed by atoms with E-state index in [4.69, 9.17) is 5.11 Å². The van der Waals surface area contributed by atoms with Crippen molar-refractivity contribution in [1.82, 2.24) is 15.0 Å². The second kappa shape index (κ2) is 4.68. The number of H-pyrrole nitrogens is 1. The summed E-state index contributed by atoms with van der Waals surface area (Å²) in [5.41, 5.74) is 6.35. The number of benzene rings is 2. The van der Waals surface area contributed by atoms with Crippen molar-refractivity contribution in [2.75, 3.05) is 0 Å². The van der Waals surface area contributed by atoms with Gasteiger partial charge < -0.3 is 10.1 Å². The van der Waals surface area contributed by atoms with Crippen LogP contribution in [0.1, 0.15) is 5.56 Å². The summed E-state index contributed by atoms with van der Waals surface area (Å²) in [7, 11) is 0. The SMILES string of the molecule is OCc1ccc(-c2cc3nc4ccccc4nc3[nH]2)cc1. The molecular weight excluding hydrogens is 262 g/mol. The fourth-order valence-corrected chi connectivity index (χ4v) is 2.45. The molecule has 0 spiro atoms. The average molecular weight is 275 g/mol. The molecule has 4 aromatic rings. The summed E-state index contributed by atoms with van der Waals surface area (Å²) in [6, 6.07) is 17.6. The van der Waals surface area contributed by atoms with Gasteiger partial charge in [-0.1, -0.05) is 36.4 Å². The van der Waals surface area contributed by atoms with Gasteiger partial charge >= 0.3 is 0 Å². The number of aromatic amines is 1. The molecular formula is C17H13N3O. The predicted molar refractivity (Wildman–Crippen MR) is 82.8 cm³/mol. The van der Waals surface area contributed by atoms with E-state index in [2.05, 4.69) is 15.0 Å². The zero-order valence-corrected chi connectivity index (χ0v) is 11.2. The first kappa shape index (κ1) is 12.1. The summed E-state index contributed by atoms with van der Waals surface area (Å²) in [5, 5.41) is 9.09. The van der Waals surface area contributed by atoms with E-state index in [0.29, 0.717) is 0 Å². The zero-order valence-electron chi connectivity index (χ0n) is 11.2. The number of hydrogen-bond acceptors (Lipinski definition) is 3. The van der Waals surface area contributed by atoms with Crippen molar-refractivity contribution < 1.29 is 5.11 Å². The van der Waals surface area contributed by atoms with E-state index in [1.807, 2.05) is 54.6 Å². The van der Waals surface area contributed by atoms with Gasteiger partial charge in [0, 0.05) is 5.69 Å². The third kappa shape index (κ3) is 2.06. The minimum Gasteiger partial charge on any atom is -0.392 e. The summed E-state index contributed by atoms with van der Waals surface area (Å²) < 4.78 is 0. The van der Waals surface area contributed by atoms with Crippen molar-refractivity contribution in [2.24, 2.45) is 0 Å². The van der Waals surface area contributed by atoms with Crippen LogP contribution in [0.2, 0.25) is 0 Å². The second-order valence-corrected chi connectivity index (χ2v) is 4.98. The summed E-state index contributed by atoms with van der Waals surface area (Å²) in [6.45, 7) is 0.0570. The summed E-state index contributed by atoms with van der Waals surface area (Å²) in [4.78, 5) is 12.5. The fourth-order valence-electron chi connectivity index (χ4n) is 2.45. The van der Waals surface area contributed by atoms with Gasteiger partial charge in [0.05, 0.1) is 17.6 Å². The summed E-state index contributed by atoms with van der Waals surface area (Å²) in [5.74, 6) is 0. The molecule has 0 unspecified atom stereocenters. The number of fused-ring (bicyclic) bond motifs is 2. The van der Waals surface area contributed by atoms with Gasteiger partial charge in [-0.25, -0.2) is 9.97 Å². The van der Waals surface area contributed by atoms with Crippen LogP contribution in [0.25, 0.3) is 33.5 Å². The predicted octanol–water partition coefficient (Wildman–Crippen LogP) is 3.27. The lowest BCUT2D eigenvalue weighted by Crippen LogP contribution is -1.84. The van der Waals surface area contributed by atoms with Gasteiger partial charge in [-0.15, -0.1) is 0 Å². The molecule has 102 valence electrons. The van der Waals surface area contributed by atoms with E-state index >= 15 is 0 Å². The Morgan fingerprint density at radius 3 is 2.29 bits per heavy atom. The number of nitrogens with zero attached hydrogens (tertiary/aromatic N) is 2. The van der Waals surface area contributed by atoms with Gasteiger partial charge in [0.15, 0.2) is 5.65 Å². The average Bonchev–Trinajstić information content (AvgIpc) is 2.95. The van der Waals surface area contributed by atoms with Gasteiger partial charge in [-0.05, 0) is 29.3 Å². The maximum Gasteiger partial charge on any atom is 0.157 e. The van der Waals surface area contributed by atoms with E-state index in [1.165, 1.54) is 0 Å². The topological polar surface area (TPSA) is 61.8 Å². The van der Waals surface area contributed by atoms with Crippen LogP contribution in [0.4, 0.5) is 0 Å². The molecule has 0 atom stereocenters. The van der Waals surface area contributed by atoms with Gasteiger partial charge in [0.25, 0.3) is 0 Å². The first-order chi connectivity index (χ1) is 10.3. The molecule has 0 saturated carbocycles. The lowest BCUT2D eigenvalue weighted by molar-refractivity contribution is 0.282. The zero-order chi connectivity index (χ0) is 14.2. The number of hydrogen-bond donors (Lipinski definition) is 2. The summed E-state index contributed by atoms with van der Waals surface area (Å²) >= 11 is 0. The molecule has 4 nitrogen and oxygen atoms in total. The first-order valence-corrected chi connectivity index (χ1v) is 6.79. The number of nitrogens with one attached hydrogen (secondary N) is 1. The molecule has 0 bridgehead atoms. The molecule has 2 heterocycles. The van der Waals surface area contributed by atoms with Crippen molar-refractivity contribution in [2.45, 2.75) is 6.61 Å². The Bertz CT molecular complexity index is 873. The summed E-state index contributed by atoms with van der Waals surface area (Å²) in [6.07, 6.45) is 0. The lowest BCUT2D eigenvalue weighted by Gasteiger charge is -1.99. The molecule has 0 aliphatic heterocycles. The maximum absolute atomic E-state index is 9.09. The molecule has 0 aliphatic carbocycles. The smallest absolute Gasteiger partial charge is 0.157 e. The normalized spacial score (nSPS) is 11.3. The van der Waals surface area contributed by atoms with Gasteiger partial charge in [0.2, 0.25) is 0 Å². The number of para-hydroxylation sites is 2. The molecule has 0 saturated heterocycles. The van der Waals surface area contributed by atoms with Gasteiger partial charge in [0.1, 0.15) is 5.52 Å². The lowest BCUT2D eigenvalue weighted by atomic mass is 10.1. The maximum atomic E-state index is 9.09. The van der Waals surface area contributed by atoms with Crippen LogP contribution in [0.3, 0.4) is 0 Å². The van der Waals surface area contributed by atoms with Crippen LogP contribution < -0.4 is 0 Å². The van der Waals surface area contributed by atoms with Crippen molar-refractivity contribution in [3.63, 3.8) is 0 Å². The highest BCUT2D eigenvalue weighted by Gasteiger charge is 2.07. The Balaban J connectivity index is 1.87. The van der Waals surface area contributed by atoms with Crippen LogP contribution in [-0.4, -0.2) is 20.1 Å². The second-order valence-electron chi connectivity index (χ2n) is 4.98. The van der Waals surface area contributed by atoms with E-state index < -0.39 is 0 Å². The van der Waals surface area contributed by atoms with Crippen LogP contribution in [0, 0.1) is 0 Å². The van der Waals surface area contributed by atoms with Crippen LogP contribution in [0.15, 0.2) is 54.6 Å². The highest BCUT2D eigenvalue weighted by atomic mass is 16.3. The largest absolute Gasteiger partial charge is 0.392 e. The number of aromatic nitrogens is 3. The Hall–Kier alpha value is -2.72. The molecule has 4 heteroatoms. The standard InChI is InChI=1S/C17H13N3O/c21-10-11-5-7-12(8-6-11)15-9-16-17(20-15)19-14-4-2-1-3-13(14)18-16/h1-9,21H,10H2,(H,19,20). The van der Waals surface area contributed by atoms with E-state index in [-0.39, 0.29) is 6.61 Å². The van der Waals surface area contributed by atoms with E-state index in [9.17, 15) is 0 Å². The molecule has 21 heavy (non-hydrogen) atoms. The van der Waals surface area contributed by atoms with Gasteiger partial charge in [-0.2, -0.15) is 0 Å². The Morgan fingerprint density at radius 2 is 1.57 bits per heavy atom. The third-order valence-corrected chi connectivity index (χ3v) is 3.58. The number of aliphatic hydroxyl groups is 1. The third-order valence-electron chi connectivity index (χ3n) is 3.58. The monoisotopic (exact) mass is 275 g/mol. The molecule has 0 amide bonds. The van der Waals surface area contributed by atoms with Crippen molar-refractivity contribution in [3.05, 3.63) is 60.2 Å². The van der Waals surface area contributed by atoms with E-state index in [0.717, 1.165) is 39.0 Å². The van der Waals surface area contributed by atoms with Crippen molar-refractivity contribution in [1.29, 1.82) is 0 Å². The highest BCUT2D eigenvalue weighted by molar-refractivity contribution is 5.87. The minimum absolute atomic E-state index is 0.0570. The molecule has 0 radical (unpaired) electrons. The quantitative estimate of drug-likeness (QED) is 0.590. The molecule has 0 aliphatic rings. The Morgan fingerprint density at radius 1 is 0.857 bits per heavy atom. The molecule has 2 N–H and O–H groups in total. The van der Waals surface area contributed by atoms with E-state index in [1.54, 1.807) is 0 Å². The Labute approximate surface area is 121 Å². The number of aliphatic hydroxyl groups excluding tert-OH is 1. The Kier molecular flexibility index (Phi) is 2.69.